The van der Waals surface area contributed by atoms with Crippen molar-refractivity contribution in [1.29, 1.82) is 0 Å². The van der Waals surface area contributed by atoms with Gasteiger partial charge in [0.25, 0.3) is 0 Å². The number of nitrogens with one attached hydrogen (secondary N) is 2. The van der Waals surface area contributed by atoms with Gasteiger partial charge in [-0.25, -0.2) is 0 Å². The van der Waals surface area contributed by atoms with E-state index in [1.807, 2.05) is 59.1 Å². The molecular formula is C18H23IN6O. The van der Waals surface area contributed by atoms with Gasteiger partial charge in [0.15, 0.2) is 11.6 Å². The van der Waals surface area contributed by atoms with E-state index in [0.29, 0.717) is 13.2 Å². The number of benzene rings is 1. The number of aliphatic imine (C=N–C) groups is 1. The van der Waals surface area contributed by atoms with Gasteiger partial charge in [-0.3, -0.25) is 9.39 Å². The summed E-state index contributed by atoms with van der Waals surface area (Å²) in [4.78, 5) is 4.21. The van der Waals surface area contributed by atoms with Crippen molar-refractivity contribution in [1.82, 2.24) is 25.2 Å². The molecule has 8 heteroatoms. The van der Waals surface area contributed by atoms with Crippen LogP contribution in [0.5, 0.6) is 5.75 Å². The third-order valence-electron chi connectivity index (χ3n) is 3.66. The molecule has 0 aliphatic heterocycles. The second-order valence-electron chi connectivity index (χ2n) is 5.38. The van der Waals surface area contributed by atoms with Crippen molar-refractivity contribution in [2.75, 3.05) is 26.7 Å². The molecule has 0 aliphatic carbocycles. The highest BCUT2D eigenvalue weighted by atomic mass is 127. The molecule has 3 rings (SSSR count). The fraction of sp³-hybridized carbons (Fsp3) is 0.278. The van der Waals surface area contributed by atoms with Crippen LogP contribution in [0.15, 0.2) is 59.7 Å². The van der Waals surface area contributed by atoms with Gasteiger partial charge >= 0.3 is 0 Å². The number of halogens is 1. The summed E-state index contributed by atoms with van der Waals surface area (Å²) in [5.74, 6) is 2.53. The van der Waals surface area contributed by atoms with Crippen LogP contribution in [0.3, 0.4) is 0 Å². The number of hydrogen-bond donors (Lipinski definition) is 2. The highest BCUT2D eigenvalue weighted by Gasteiger charge is 2.04. The number of rotatable bonds is 7. The third-order valence-corrected chi connectivity index (χ3v) is 3.66. The number of nitrogens with zero attached hydrogens (tertiary/aromatic N) is 4. The molecule has 0 saturated carbocycles. The summed E-state index contributed by atoms with van der Waals surface area (Å²) in [5.41, 5.74) is 0.859. The van der Waals surface area contributed by atoms with Gasteiger partial charge in [0, 0.05) is 26.2 Å². The first kappa shape index (κ1) is 20.0. The molecule has 3 aromatic rings. The highest BCUT2D eigenvalue weighted by molar-refractivity contribution is 14.0. The molecular weight excluding hydrogens is 443 g/mol. The molecule has 0 atom stereocenters. The number of fused-ring (bicyclic) bond motifs is 1. The maximum Gasteiger partial charge on any atom is 0.191 e. The molecule has 0 unspecified atom stereocenters. The van der Waals surface area contributed by atoms with E-state index >= 15 is 0 Å². The Kier molecular flexibility index (Phi) is 8.13. The minimum atomic E-state index is 0. The van der Waals surface area contributed by atoms with Crippen molar-refractivity contribution in [3.8, 4) is 5.75 Å². The summed E-state index contributed by atoms with van der Waals surface area (Å²) < 4.78 is 7.64. The van der Waals surface area contributed by atoms with E-state index in [1.54, 1.807) is 7.05 Å². The molecule has 2 N–H and O–H groups in total. The maximum absolute atomic E-state index is 5.65. The number of guanidine groups is 1. The van der Waals surface area contributed by atoms with Crippen molar-refractivity contribution in [3.63, 3.8) is 0 Å². The highest BCUT2D eigenvalue weighted by Crippen LogP contribution is 2.07. The third kappa shape index (κ3) is 5.58. The molecule has 0 amide bonds. The van der Waals surface area contributed by atoms with E-state index < -0.39 is 0 Å². The Balaban J connectivity index is 0.00000243. The van der Waals surface area contributed by atoms with Crippen LogP contribution in [0.4, 0.5) is 0 Å². The van der Waals surface area contributed by atoms with Gasteiger partial charge in [-0.15, -0.1) is 34.2 Å². The molecule has 0 bridgehead atoms. The molecule has 2 heterocycles. The van der Waals surface area contributed by atoms with Crippen molar-refractivity contribution in [2.45, 2.75) is 6.42 Å². The largest absolute Gasteiger partial charge is 0.492 e. The van der Waals surface area contributed by atoms with Gasteiger partial charge < -0.3 is 15.4 Å². The topological polar surface area (TPSA) is 75.8 Å². The monoisotopic (exact) mass is 466 g/mol. The summed E-state index contributed by atoms with van der Waals surface area (Å²) >= 11 is 0. The summed E-state index contributed by atoms with van der Waals surface area (Å²) in [6, 6.07) is 15.6. The predicted octanol–water partition coefficient (Wildman–Crippen LogP) is 2.13. The van der Waals surface area contributed by atoms with Crippen molar-refractivity contribution < 1.29 is 4.74 Å². The number of ether oxygens (including phenoxy) is 1. The van der Waals surface area contributed by atoms with Crippen LogP contribution >= 0.6 is 24.0 Å². The molecule has 7 nitrogen and oxygen atoms in total. The van der Waals surface area contributed by atoms with Crippen LogP contribution in [-0.4, -0.2) is 47.3 Å². The first-order valence-corrected chi connectivity index (χ1v) is 8.28. The predicted molar refractivity (Wildman–Crippen MR) is 113 cm³/mol. The van der Waals surface area contributed by atoms with E-state index in [1.165, 1.54) is 0 Å². The standard InChI is InChI=1S/C18H22N6O.HI/c1-19-18(21-12-14-25-15-7-3-2-4-8-15)20-11-10-17-23-22-16-9-5-6-13-24(16)17;/h2-9,13H,10-12,14H2,1H3,(H2,19,20,21);1H. The van der Waals surface area contributed by atoms with Gasteiger partial charge in [0.2, 0.25) is 0 Å². The Morgan fingerprint density at radius 3 is 2.62 bits per heavy atom. The van der Waals surface area contributed by atoms with E-state index in [9.17, 15) is 0 Å². The lowest BCUT2D eigenvalue weighted by Gasteiger charge is -2.12. The van der Waals surface area contributed by atoms with E-state index in [4.69, 9.17) is 4.74 Å². The molecule has 138 valence electrons. The van der Waals surface area contributed by atoms with Crippen LogP contribution in [0, 0.1) is 0 Å². The normalized spacial score (nSPS) is 11.0. The van der Waals surface area contributed by atoms with Crippen LogP contribution in [0.2, 0.25) is 0 Å². The average molecular weight is 466 g/mol. The second-order valence-corrected chi connectivity index (χ2v) is 5.38. The van der Waals surface area contributed by atoms with Crippen molar-refractivity contribution in [3.05, 3.63) is 60.6 Å². The average Bonchev–Trinajstić information content (AvgIpc) is 3.08. The summed E-state index contributed by atoms with van der Waals surface area (Å²) in [5, 5.41) is 14.9. The Labute approximate surface area is 169 Å². The van der Waals surface area contributed by atoms with E-state index in [-0.39, 0.29) is 24.0 Å². The number of para-hydroxylation sites is 1. The van der Waals surface area contributed by atoms with Crippen LogP contribution in [0.25, 0.3) is 5.65 Å². The quantitative estimate of drug-likeness (QED) is 0.242. The smallest absolute Gasteiger partial charge is 0.191 e. The zero-order valence-corrected chi connectivity index (χ0v) is 17.0. The van der Waals surface area contributed by atoms with Gasteiger partial charge in [-0.1, -0.05) is 24.3 Å². The zero-order chi connectivity index (χ0) is 17.3. The van der Waals surface area contributed by atoms with Gasteiger partial charge in [0.1, 0.15) is 18.2 Å². The van der Waals surface area contributed by atoms with Gasteiger partial charge in [0.05, 0.1) is 6.54 Å². The summed E-state index contributed by atoms with van der Waals surface area (Å²) in [6.07, 6.45) is 2.73. The lowest BCUT2D eigenvalue weighted by Crippen LogP contribution is -2.40. The summed E-state index contributed by atoms with van der Waals surface area (Å²) in [6.45, 7) is 1.96. The Hall–Kier alpha value is -2.36. The first-order valence-electron chi connectivity index (χ1n) is 8.28. The first-order chi connectivity index (χ1) is 12.4. The second kappa shape index (κ2) is 10.6. The SMILES string of the molecule is CN=C(NCCOc1ccccc1)NCCc1nnc2ccccn12.I. The minimum absolute atomic E-state index is 0. The Morgan fingerprint density at radius 2 is 1.81 bits per heavy atom. The fourth-order valence-electron chi connectivity index (χ4n) is 2.43. The number of aromatic nitrogens is 3. The zero-order valence-electron chi connectivity index (χ0n) is 14.6. The molecule has 0 saturated heterocycles. The van der Waals surface area contributed by atoms with E-state index in [2.05, 4.69) is 25.8 Å². The van der Waals surface area contributed by atoms with Gasteiger partial charge in [-0.05, 0) is 24.3 Å². The molecule has 0 radical (unpaired) electrons. The summed E-state index contributed by atoms with van der Waals surface area (Å²) in [7, 11) is 1.75. The number of pyridine rings is 1. The van der Waals surface area contributed by atoms with E-state index in [0.717, 1.165) is 36.1 Å². The Bertz CT molecular complexity index is 821. The van der Waals surface area contributed by atoms with Crippen LogP contribution < -0.4 is 15.4 Å². The number of hydrogen-bond acceptors (Lipinski definition) is 4. The fourth-order valence-corrected chi connectivity index (χ4v) is 2.43. The lowest BCUT2D eigenvalue weighted by molar-refractivity contribution is 0.322. The Morgan fingerprint density at radius 1 is 1.04 bits per heavy atom. The van der Waals surface area contributed by atoms with Crippen LogP contribution in [0.1, 0.15) is 5.82 Å². The minimum Gasteiger partial charge on any atom is -0.492 e. The van der Waals surface area contributed by atoms with Crippen molar-refractivity contribution in [2.24, 2.45) is 4.99 Å². The molecule has 0 spiro atoms. The van der Waals surface area contributed by atoms with Gasteiger partial charge in [-0.2, -0.15) is 0 Å². The lowest BCUT2D eigenvalue weighted by atomic mass is 10.3. The van der Waals surface area contributed by atoms with Crippen molar-refractivity contribution >= 4 is 35.6 Å². The molecule has 0 fully saturated rings. The maximum atomic E-state index is 5.65. The molecule has 1 aromatic carbocycles. The van der Waals surface area contributed by atoms with Crippen LogP contribution in [-0.2, 0) is 6.42 Å². The molecule has 0 aliphatic rings. The molecule has 2 aromatic heterocycles. The molecule has 26 heavy (non-hydrogen) atoms.